The Morgan fingerprint density at radius 3 is 2.59 bits per heavy atom. The smallest absolute Gasteiger partial charge is 0.259 e. The molecule has 0 bridgehead atoms. The fraction of sp³-hybridized carbons (Fsp3) is 0.125. The van der Waals surface area contributed by atoms with Crippen molar-refractivity contribution in [1.82, 2.24) is 19.7 Å². The molecule has 2 heterocycles. The van der Waals surface area contributed by atoms with Crippen LogP contribution < -0.4 is 10.6 Å². The predicted molar refractivity (Wildman–Crippen MR) is 124 cm³/mol. The van der Waals surface area contributed by atoms with Crippen LogP contribution in [0, 0.1) is 5.82 Å². The molecule has 1 atom stereocenters. The van der Waals surface area contributed by atoms with Crippen molar-refractivity contribution in [3.8, 4) is 11.5 Å². The maximum Gasteiger partial charge on any atom is 0.259 e. The summed E-state index contributed by atoms with van der Waals surface area (Å²) >= 11 is 0. The molecule has 0 saturated heterocycles. The van der Waals surface area contributed by atoms with Crippen molar-refractivity contribution in [2.45, 2.75) is 13.0 Å². The lowest BCUT2D eigenvalue weighted by Crippen LogP contribution is -2.17. The molecule has 172 valence electrons. The second-order valence-corrected chi connectivity index (χ2v) is 7.47. The summed E-state index contributed by atoms with van der Waals surface area (Å²) in [5, 5.41) is 22.6. The minimum Gasteiger partial charge on any atom is -0.394 e. The second kappa shape index (κ2) is 10.0. The Bertz CT molecular complexity index is 1330. The number of hydrogen-bond donors (Lipinski definition) is 3. The summed E-state index contributed by atoms with van der Waals surface area (Å²) in [6, 6.07) is 16.9. The molecule has 0 fully saturated rings. The highest BCUT2D eigenvalue weighted by atomic mass is 19.1. The fourth-order valence-electron chi connectivity index (χ4n) is 3.22. The standard InChI is InChI=1S/C24H21FN6O3/c1-15(13-32)31-14-26-30-22(31)20-8-5-9-21(28-20)29-24(34)18-12-17(10-11-19(18)25)27-23(33)16-6-3-2-4-7-16/h2-12,14-15,32H,13H2,1H3,(H,27,33)(H,28,29,34). The van der Waals surface area contributed by atoms with Gasteiger partial charge < -0.3 is 20.3 Å². The Morgan fingerprint density at radius 2 is 1.82 bits per heavy atom. The number of hydrogen-bond acceptors (Lipinski definition) is 6. The highest BCUT2D eigenvalue weighted by molar-refractivity contribution is 6.07. The van der Waals surface area contributed by atoms with Crippen molar-refractivity contribution in [2.75, 3.05) is 17.2 Å². The molecule has 0 aliphatic heterocycles. The number of carbonyl (C=O) groups excluding carboxylic acids is 2. The monoisotopic (exact) mass is 460 g/mol. The molecule has 10 heteroatoms. The highest BCUT2D eigenvalue weighted by Gasteiger charge is 2.17. The number of rotatable bonds is 7. The number of anilines is 2. The van der Waals surface area contributed by atoms with Crippen LogP contribution >= 0.6 is 0 Å². The Kier molecular flexibility index (Phi) is 6.69. The van der Waals surface area contributed by atoms with Crippen LogP contribution in [0.5, 0.6) is 0 Å². The van der Waals surface area contributed by atoms with Gasteiger partial charge in [-0.25, -0.2) is 9.37 Å². The second-order valence-electron chi connectivity index (χ2n) is 7.47. The molecule has 4 rings (SSSR count). The van der Waals surface area contributed by atoms with Crippen molar-refractivity contribution < 1.29 is 19.1 Å². The first-order valence-corrected chi connectivity index (χ1v) is 10.4. The first kappa shape index (κ1) is 22.7. The largest absolute Gasteiger partial charge is 0.394 e. The van der Waals surface area contributed by atoms with Crippen LogP contribution in [0.4, 0.5) is 15.9 Å². The molecule has 34 heavy (non-hydrogen) atoms. The van der Waals surface area contributed by atoms with Gasteiger partial charge >= 0.3 is 0 Å². The minimum atomic E-state index is -0.747. The van der Waals surface area contributed by atoms with Gasteiger partial charge in [0.25, 0.3) is 11.8 Å². The normalized spacial score (nSPS) is 11.6. The molecule has 3 N–H and O–H groups in total. The van der Waals surface area contributed by atoms with E-state index < -0.39 is 11.7 Å². The summed E-state index contributed by atoms with van der Waals surface area (Å²) in [6.45, 7) is 1.68. The van der Waals surface area contributed by atoms with Crippen molar-refractivity contribution >= 4 is 23.3 Å². The molecular weight excluding hydrogens is 439 g/mol. The minimum absolute atomic E-state index is 0.113. The van der Waals surface area contributed by atoms with Gasteiger partial charge in [0.05, 0.1) is 18.2 Å². The van der Waals surface area contributed by atoms with Crippen LogP contribution in [-0.2, 0) is 0 Å². The van der Waals surface area contributed by atoms with Gasteiger partial charge in [0, 0.05) is 11.3 Å². The highest BCUT2D eigenvalue weighted by Crippen LogP contribution is 2.21. The zero-order valence-electron chi connectivity index (χ0n) is 18.1. The Balaban J connectivity index is 1.53. The number of halogens is 1. The van der Waals surface area contributed by atoms with Crippen molar-refractivity contribution in [1.29, 1.82) is 0 Å². The summed E-state index contributed by atoms with van der Waals surface area (Å²) in [6.07, 6.45) is 1.48. The summed E-state index contributed by atoms with van der Waals surface area (Å²) < 4.78 is 16.1. The van der Waals surface area contributed by atoms with E-state index in [-0.39, 0.29) is 35.6 Å². The SMILES string of the molecule is CC(CO)n1cnnc1-c1cccc(NC(=O)c2cc(NC(=O)c3ccccc3)ccc2F)n1. The summed E-state index contributed by atoms with van der Waals surface area (Å²) in [4.78, 5) is 29.5. The molecule has 0 saturated carbocycles. The predicted octanol–water partition coefficient (Wildman–Crippen LogP) is 3.54. The Morgan fingerprint density at radius 1 is 1.03 bits per heavy atom. The van der Waals surface area contributed by atoms with Gasteiger partial charge in [-0.2, -0.15) is 0 Å². The molecule has 2 amide bonds. The average molecular weight is 460 g/mol. The Labute approximate surface area is 194 Å². The maximum absolute atomic E-state index is 14.4. The van der Waals surface area contributed by atoms with Gasteiger partial charge in [0.1, 0.15) is 23.7 Å². The number of aromatic nitrogens is 4. The zero-order valence-corrected chi connectivity index (χ0v) is 18.1. The fourth-order valence-corrected chi connectivity index (χ4v) is 3.22. The van der Waals surface area contributed by atoms with Gasteiger partial charge in [-0.15, -0.1) is 10.2 Å². The number of amides is 2. The van der Waals surface area contributed by atoms with E-state index in [2.05, 4.69) is 25.8 Å². The van der Waals surface area contributed by atoms with E-state index in [1.807, 2.05) is 0 Å². The number of nitrogens with one attached hydrogen (secondary N) is 2. The molecule has 0 spiro atoms. The average Bonchev–Trinajstić information content (AvgIpc) is 3.35. The Hall–Kier alpha value is -4.44. The van der Waals surface area contributed by atoms with Crippen molar-refractivity contribution in [3.63, 3.8) is 0 Å². The molecular formula is C24H21FN6O3. The quantitative estimate of drug-likeness (QED) is 0.388. The zero-order chi connectivity index (χ0) is 24.1. The number of benzene rings is 2. The first-order chi connectivity index (χ1) is 16.5. The van der Waals surface area contributed by atoms with Gasteiger partial charge in [-0.1, -0.05) is 24.3 Å². The van der Waals surface area contributed by atoms with Crippen LogP contribution in [0.25, 0.3) is 11.5 Å². The molecule has 0 aliphatic carbocycles. The lowest BCUT2D eigenvalue weighted by molar-refractivity contribution is 0.101. The van der Waals surface area contributed by atoms with E-state index >= 15 is 0 Å². The molecule has 1 unspecified atom stereocenters. The van der Waals surface area contributed by atoms with Crippen LogP contribution in [0.2, 0.25) is 0 Å². The van der Waals surface area contributed by atoms with Gasteiger partial charge in [0.15, 0.2) is 5.82 Å². The topological polar surface area (TPSA) is 122 Å². The van der Waals surface area contributed by atoms with Crippen LogP contribution in [0.3, 0.4) is 0 Å². The third kappa shape index (κ3) is 4.97. The number of pyridine rings is 1. The first-order valence-electron chi connectivity index (χ1n) is 10.4. The summed E-state index contributed by atoms with van der Waals surface area (Å²) in [7, 11) is 0. The van der Waals surface area contributed by atoms with Crippen molar-refractivity contribution in [3.05, 3.63) is 90.0 Å². The van der Waals surface area contributed by atoms with E-state index in [1.54, 1.807) is 60.0 Å². The molecule has 4 aromatic rings. The number of nitrogens with zero attached hydrogens (tertiary/aromatic N) is 4. The molecule has 2 aromatic heterocycles. The number of aliphatic hydroxyl groups is 1. The molecule has 0 radical (unpaired) electrons. The summed E-state index contributed by atoms with van der Waals surface area (Å²) in [5.74, 6) is -1.28. The van der Waals surface area contributed by atoms with Crippen LogP contribution in [0.15, 0.2) is 73.1 Å². The van der Waals surface area contributed by atoms with Gasteiger partial charge in [-0.05, 0) is 49.4 Å². The number of aliphatic hydroxyl groups excluding tert-OH is 1. The van der Waals surface area contributed by atoms with Crippen LogP contribution in [0.1, 0.15) is 33.7 Å². The molecule has 9 nitrogen and oxygen atoms in total. The number of carbonyl (C=O) groups is 2. The molecule has 0 aliphatic rings. The maximum atomic E-state index is 14.4. The third-order valence-electron chi connectivity index (χ3n) is 5.04. The lowest BCUT2D eigenvalue weighted by Gasteiger charge is -2.13. The van der Waals surface area contributed by atoms with E-state index in [9.17, 15) is 19.1 Å². The van der Waals surface area contributed by atoms with E-state index in [1.165, 1.54) is 18.5 Å². The van der Waals surface area contributed by atoms with Gasteiger partial charge in [-0.3, -0.25) is 9.59 Å². The van der Waals surface area contributed by atoms with Crippen LogP contribution in [-0.4, -0.2) is 43.3 Å². The lowest BCUT2D eigenvalue weighted by atomic mass is 10.1. The van der Waals surface area contributed by atoms with E-state index in [4.69, 9.17) is 0 Å². The summed E-state index contributed by atoms with van der Waals surface area (Å²) in [5.41, 5.74) is 0.866. The third-order valence-corrected chi connectivity index (χ3v) is 5.04. The van der Waals surface area contributed by atoms with Gasteiger partial charge in [0.2, 0.25) is 0 Å². The molecule has 2 aromatic carbocycles. The van der Waals surface area contributed by atoms with E-state index in [0.29, 0.717) is 17.1 Å². The van der Waals surface area contributed by atoms with E-state index in [0.717, 1.165) is 6.07 Å². The van der Waals surface area contributed by atoms with Crippen molar-refractivity contribution in [2.24, 2.45) is 0 Å².